The Labute approximate surface area is 148 Å². The minimum atomic E-state index is -3.71. The molecule has 0 radical (unpaired) electrons. The Morgan fingerprint density at radius 2 is 2.12 bits per heavy atom. The summed E-state index contributed by atoms with van der Waals surface area (Å²) < 4.78 is 34.5. The van der Waals surface area contributed by atoms with Crippen molar-refractivity contribution in [3.63, 3.8) is 0 Å². The molecule has 0 unspecified atom stereocenters. The maximum absolute atomic E-state index is 12.3. The average molecular weight is 379 g/mol. The number of hydrogen-bond acceptors (Lipinski definition) is 7. The van der Waals surface area contributed by atoms with Crippen LogP contribution in [0, 0.1) is 0 Å². The molecule has 0 saturated heterocycles. The van der Waals surface area contributed by atoms with Gasteiger partial charge >= 0.3 is 11.7 Å². The van der Waals surface area contributed by atoms with Crippen LogP contribution >= 0.6 is 0 Å². The number of hydrogen-bond donors (Lipinski definition) is 2. The number of aryl methyl sites for hydroxylation is 1. The third-order valence-electron chi connectivity index (χ3n) is 3.70. The van der Waals surface area contributed by atoms with E-state index in [-0.39, 0.29) is 22.8 Å². The molecule has 0 fully saturated rings. The van der Waals surface area contributed by atoms with E-state index in [1.165, 1.54) is 18.2 Å². The van der Waals surface area contributed by atoms with E-state index < -0.39 is 27.3 Å². The molecule has 0 amide bonds. The van der Waals surface area contributed by atoms with Gasteiger partial charge in [0.15, 0.2) is 21.1 Å². The van der Waals surface area contributed by atoms with E-state index in [2.05, 4.69) is 15.2 Å². The van der Waals surface area contributed by atoms with Crippen molar-refractivity contribution >= 4 is 26.9 Å². The van der Waals surface area contributed by atoms with Gasteiger partial charge in [0, 0.05) is 11.8 Å². The molecule has 2 aromatic heterocycles. The van der Waals surface area contributed by atoms with Crippen LogP contribution in [0.5, 0.6) is 0 Å². The number of nitrogens with one attached hydrogen (secondary N) is 2. The Balaban J connectivity index is 1.63. The third-order valence-corrected chi connectivity index (χ3v) is 5.37. The lowest BCUT2D eigenvalue weighted by atomic mass is 10.2. The summed E-state index contributed by atoms with van der Waals surface area (Å²) in [6.07, 6.45) is 1.66. The molecule has 0 aliphatic heterocycles. The van der Waals surface area contributed by atoms with E-state index in [1.54, 1.807) is 6.07 Å². The Hall–Kier alpha value is -2.88. The highest BCUT2D eigenvalue weighted by atomic mass is 32.2. The standard InChI is InChI=1S/C16H17N3O6S/c1-2-3-10-8-13(19-18-10)15(20)24-6-7-26(22,23)11-4-5-12-14(9-11)25-16(21)17-12/h4-5,8-9H,2-3,6-7H2,1H3,(H,17,21)(H,18,19). The minimum Gasteiger partial charge on any atom is -0.460 e. The Kier molecular flexibility index (Phi) is 4.94. The lowest BCUT2D eigenvalue weighted by Gasteiger charge is -2.05. The Morgan fingerprint density at radius 3 is 2.88 bits per heavy atom. The molecule has 0 aliphatic carbocycles. The summed E-state index contributed by atoms with van der Waals surface area (Å²) >= 11 is 0. The molecule has 2 heterocycles. The fourth-order valence-electron chi connectivity index (χ4n) is 2.42. The van der Waals surface area contributed by atoms with Crippen LogP contribution in [-0.4, -0.2) is 41.9 Å². The van der Waals surface area contributed by atoms with Crippen LogP contribution in [0.3, 0.4) is 0 Å². The zero-order chi connectivity index (χ0) is 18.7. The maximum Gasteiger partial charge on any atom is 0.417 e. The van der Waals surface area contributed by atoms with Gasteiger partial charge in [-0.1, -0.05) is 13.3 Å². The smallest absolute Gasteiger partial charge is 0.417 e. The first-order chi connectivity index (χ1) is 12.4. The van der Waals surface area contributed by atoms with Crippen LogP contribution in [0.4, 0.5) is 0 Å². The van der Waals surface area contributed by atoms with Crippen molar-refractivity contribution in [3.8, 4) is 0 Å². The number of fused-ring (bicyclic) bond motifs is 1. The lowest BCUT2D eigenvalue weighted by molar-refractivity contribution is 0.0522. The average Bonchev–Trinajstić information content (AvgIpc) is 3.19. The van der Waals surface area contributed by atoms with E-state index in [1.807, 2.05) is 6.92 Å². The number of aromatic nitrogens is 3. The normalized spacial score (nSPS) is 11.7. The number of rotatable bonds is 7. The van der Waals surface area contributed by atoms with E-state index in [9.17, 15) is 18.0 Å². The number of benzene rings is 1. The second-order valence-electron chi connectivity index (χ2n) is 5.66. The van der Waals surface area contributed by atoms with Gasteiger partial charge in [0.25, 0.3) is 0 Å². The molecule has 138 valence electrons. The lowest BCUT2D eigenvalue weighted by Crippen LogP contribution is -2.16. The highest BCUT2D eigenvalue weighted by Gasteiger charge is 2.18. The van der Waals surface area contributed by atoms with Crippen LogP contribution in [0.15, 0.2) is 38.4 Å². The number of carbonyl (C=O) groups excluding carboxylic acids is 1. The van der Waals surface area contributed by atoms with Crippen LogP contribution in [-0.2, 0) is 21.0 Å². The van der Waals surface area contributed by atoms with Gasteiger partial charge < -0.3 is 9.15 Å². The van der Waals surface area contributed by atoms with Crippen molar-refractivity contribution in [1.82, 2.24) is 15.2 Å². The number of ether oxygens (including phenoxy) is 1. The Morgan fingerprint density at radius 1 is 1.31 bits per heavy atom. The second kappa shape index (κ2) is 7.16. The topological polar surface area (TPSA) is 135 Å². The van der Waals surface area contributed by atoms with E-state index in [4.69, 9.17) is 9.15 Å². The summed E-state index contributed by atoms with van der Waals surface area (Å²) in [4.78, 5) is 25.5. The van der Waals surface area contributed by atoms with Gasteiger partial charge in [0.05, 0.1) is 16.2 Å². The van der Waals surface area contributed by atoms with Crippen molar-refractivity contribution < 1.29 is 22.4 Å². The van der Waals surface area contributed by atoms with Gasteiger partial charge in [0.2, 0.25) is 0 Å². The van der Waals surface area contributed by atoms with Gasteiger partial charge in [-0.15, -0.1) is 0 Å². The van der Waals surface area contributed by atoms with Crippen molar-refractivity contribution in [2.45, 2.75) is 24.7 Å². The first kappa shape index (κ1) is 17.9. The SMILES string of the molecule is CCCc1cc(C(=O)OCCS(=O)(=O)c2ccc3[nH]c(=O)oc3c2)n[nH]1. The van der Waals surface area contributed by atoms with Crippen molar-refractivity contribution in [2.75, 3.05) is 12.4 Å². The molecule has 10 heteroatoms. The number of carbonyl (C=O) groups is 1. The summed E-state index contributed by atoms with van der Waals surface area (Å²) in [7, 11) is -3.71. The minimum absolute atomic E-state index is 0.0196. The first-order valence-corrected chi connectivity index (χ1v) is 9.61. The quantitative estimate of drug-likeness (QED) is 0.593. The molecule has 0 saturated carbocycles. The molecule has 2 N–H and O–H groups in total. The highest BCUT2D eigenvalue weighted by Crippen LogP contribution is 2.18. The molecule has 26 heavy (non-hydrogen) atoms. The largest absolute Gasteiger partial charge is 0.460 e. The monoisotopic (exact) mass is 379 g/mol. The number of esters is 1. The van der Waals surface area contributed by atoms with Gasteiger partial charge in [0.1, 0.15) is 6.61 Å². The molecule has 9 nitrogen and oxygen atoms in total. The zero-order valence-corrected chi connectivity index (χ0v) is 14.8. The molecule has 3 rings (SSSR count). The zero-order valence-electron chi connectivity index (χ0n) is 13.9. The van der Waals surface area contributed by atoms with E-state index in [0.29, 0.717) is 5.52 Å². The number of nitrogens with zero attached hydrogens (tertiary/aromatic N) is 1. The van der Waals surface area contributed by atoms with Crippen LogP contribution in [0.1, 0.15) is 29.5 Å². The predicted molar refractivity (Wildman–Crippen MR) is 91.8 cm³/mol. The number of H-pyrrole nitrogens is 2. The summed E-state index contributed by atoms with van der Waals surface area (Å²) in [6, 6.07) is 5.64. The molecule has 0 aliphatic rings. The number of aromatic amines is 2. The van der Waals surface area contributed by atoms with Gasteiger partial charge in [-0.3, -0.25) is 10.1 Å². The highest BCUT2D eigenvalue weighted by molar-refractivity contribution is 7.91. The van der Waals surface area contributed by atoms with Crippen LogP contribution in [0.25, 0.3) is 11.1 Å². The summed E-state index contributed by atoms with van der Waals surface area (Å²) in [5.41, 5.74) is 1.48. The molecule has 3 aromatic rings. The summed E-state index contributed by atoms with van der Waals surface area (Å²) in [5, 5.41) is 6.58. The van der Waals surface area contributed by atoms with Crippen molar-refractivity contribution in [3.05, 3.63) is 46.2 Å². The molecule has 1 aromatic carbocycles. The van der Waals surface area contributed by atoms with Crippen molar-refractivity contribution in [2.24, 2.45) is 0 Å². The van der Waals surface area contributed by atoms with Crippen LogP contribution < -0.4 is 5.76 Å². The maximum atomic E-state index is 12.3. The van der Waals surface area contributed by atoms with E-state index >= 15 is 0 Å². The fraction of sp³-hybridized carbons (Fsp3) is 0.312. The second-order valence-corrected chi connectivity index (χ2v) is 7.76. The third kappa shape index (κ3) is 3.85. The molecule has 0 spiro atoms. The van der Waals surface area contributed by atoms with Gasteiger partial charge in [-0.2, -0.15) is 5.10 Å². The first-order valence-electron chi connectivity index (χ1n) is 7.96. The van der Waals surface area contributed by atoms with E-state index in [0.717, 1.165) is 18.5 Å². The van der Waals surface area contributed by atoms with Gasteiger partial charge in [-0.25, -0.2) is 18.0 Å². The summed E-state index contributed by atoms with van der Waals surface area (Å²) in [6.45, 7) is 1.69. The number of sulfone groups is 1. The Bertz CT molecular complexity index is 1090. The van der Waals surface area contributed by atoms with Gasteiger partial charge in [-0.05, 0) is 24.6 Å². The predicted octanol–water partition coefficient (Wildman–Crippen LogP) is 1.43. The molecular weight excluding hydrogens is 362 g/mol. The number of oxazole rings is 1. The molecule has 0 bridgehead atoms. The fourth-order valence-corrected chi connectivity index (χ4v) is 3.52. The van der Waals surface area contributed by atoms with Crippen LogP contribution in [0.2, 0.25) is 0 Å². The summed E-state index contributed by atoms with van der Waals surface area (Å²) in [5.74, 6) is -1.75. The van der Waals surface area contributed by atoms with Crippen molar-refractivity contribution in [1.29, 1.82) is 0 Å². The molecule has 0 atom stereocenters. The molecular formula is C16H17N3O6S.